The minimum atomic E-state index is -5.45. The van der Waals surface area contributed by atoms with Crippen molar-refractivity contribution in [1.82, 2.24) is 0 Å². The molecular formula is C20H30F6O. The van der Waals surface area contributed by atoms with Crippen LogP contribution in [0.25, 0.3) is 0 Å². The van der Waals surface area contributed by atoms with Crippen LogP contribution in [-0.2, 0) is 4.74 Å². The van der Waals surface area contributed by atoms with Crippen molar-refractivity contribution in [3.8, 4) is 0 Å². The fourth-order valence-electron chi connectivity index (χ4n) is 6.41. The van der Waals surface area contributed by atoms with Gasteiger partial charge in [0.1, 0.15) is 0 Å². The molecule has 0 saturated heterocycles. The van der Waals surface area contributed by atoms with Crippen molar-refractivity contribution in [3.63, 3.8) is 0 Å². The van der Waals surface area contributed by atoms with E-state index < -0.39 is 30.5 Å². The second-order valence-electron chi connectivity index (χ2n) is 9.93. The first kappa shape index (κ1) is 21.3. The number of hydrogen-bond donors (Lipinski definition) is 0. The first-order chi connectivity index (χ1) is 12.3. The smallest absolute Gasteiger partial charge is 0.360 e. The third kappa shape index (κ3) is 4.13. The fourth-order valence-corrected chi connectivity index (χ4v) is 6.41. The molecule has 158 valence electrons. The fraction of sp³-hybridized carbons (Fsp3) is 1.00. The molecule has 1 atom stereocenters. The van der Waals surface area contributed by atoms with Crippen molar-refractivity contribution in [2.45, 2.75) is 84.2 Å². The lowest BCUT2D eigenvalue weighted by molar-refractivity contribution is -0.326. The van der Waals surface area contributed by atoms with Crippen molar-refractivity contribution in [3.05, 3.63) is 0 Å². The monoisotopic (exact) mass is 400 g/mol. The van der Waals surface area contributed by atoms with Crippen molar-refractivity contribution in [2.75, 3.05) is 6.61 Å². The topological polar surface area (TPSA) is 9.23 Å². The molecule has 0 radical (unpaired) electrons. The SMILES string of the molecule is CCC(C)(COC(C(F)(F)F)C(F)(F)F)CC1(C)C2CC3CC(C2)CC1C3. The van der Waals surface area contributed by atoms with Gasteiger partial charge in [0.15, 0.2) is 0 Å². The van der Waals surface area contributed by atoms with Crippen LogP contribution in [0.3, 0.4) is 0 Å². The van der Waals surface area contributed by atoms with E-state index in [-0.39, 0.29) is 5.41 Å². The Bertz CT molecular complexity index is 498. The summed E-state index contributed by atoms with van der Waals surface area (Å²) in [6.07, 6.45) is -7.51. The average molecular weight is 400 g/mol. The minimum absolute atomic E-state index is 0.00645. The summed E-state index contributed by atoms with van der Waals surface area (Å²) >= 11 is 0. The van der Waals surface area contributed by atoms with Crippen LogP contribution in [0.2, 0.25) is 0 Å². The van der Waals surface area contributed by atoms with Crippen molar-refractivity contribution in [2.24, 2.45) is 34.5 Å². The van der Waals surface area contributed by atoms with Gasteiger partial charge in [-0.15, -0.1) is 0 Å². The number of halogens is 6. The highest BCUT2D eigenvalue weighted by Gasteiger charge is 2.59. The van der Waals surface area contributed by atoms with Gasteiger partial charge in [0, 0.05) is 0 Å². The van der Waals surface area contributed by atoms with Gasteiger partial charge in [0.2, 0.25) is 6.10 Å². The highest BCUT2D eigenvalue weighted by Crippen LogP contribution is 2.65. The Balaban J connectivity index is 1.72. The van der Waals surface area contributed by atoms with E-state index in [1.165, 1.54) is 6.42 Å². The maximum Gasteiger partial charge on any atom is 0.423 e. The number of hydrogen-bond acceptors (Lipinski definition) is 1. The first-order valence-corrected chi connectivity index (χ1v) is 10.0. The summed E-state index contributed by atoms with van der Waals surface area (Å²) < 4.78 is 81.4. The molecule has 0 aromatic carbocycles. The van der Waals surface area contributed by atoms with E-state index in [4.69, 9.17) is 0 Å². The van der Waals surface area contributed by atoms with Crippen LogP contribution < -0.4 is 0 Å². The standard InChI is InChI=1S/C20H30F6O/c1-4-17(2,11-27-16(19(21,22)23)20(24,25)26)10-18(3)14-6-12-5-13(8-14)9-15(18)7-12/h12-16H,4-11H2,1-3H3. The van der Waals surface area contributed by atoms with Crippen LogP contribution in [-0.4, -0.2) is 25.1 Å². The zero-order chi connectivity index (χ0) is 20.3. The second kappa shape index (κ2) is 6.81. The van der Waals surface area contributed by atoms with Crippen LogP contribution >= 0.6 is 0 Å². The van der Waals surface area contributed by atoms with Gasteiger partial charge in [-0.1, -0.05) is 20.8 Å². The third-order valence-corrected chi connectivity index (χ3v) is 7.86. The lowest BCUT2D eigenvalue weighted by Gasteiger charge is -2.62. The van der Waals surface area contributed by atoms with Crippen LogP contribution in [0.1, 0.15) is 65.7 Å². The molecule has 0 N–H and O–H groups in total. The van der Waals surface area contributed by atoms with Crippen LogP contribution in [0.15, 0.2) is 0 Å². The molecule has 0 spiro atoms. The lowest BCUT2D eigenvalue weighted by atomic mass is 9.43. The van der Waals surface area contributed by atoms with E-state index in [1.54, 1.807) is 6.92 Å². The van der Waals surface area contributed by atoms with E-state index in [0.29, 0.717) is 24.7 Å². The van der Waals surface area contributed by atoms with Gasteiger partial charge in [-0.2, -0.15) is 26.3 Å². The first-order valence-electron chi connectivity index (χ1n) is 10.0. The maximum atomic E-state index is 12.8. The summed E-state index contributed by atoms with van der Waals surface area (Å²) in [5.74, 6) is 2.62. The normalized spacial score (nSPS) is 38.4. The van der Waals surface area contributed by atoms with Gasteiger partial charge >= 0.3 is 12.4 Å². The van der Waals surface area contributed by atoms with Gasteiger partial charge in [-0.25, -0.2) is 0 Å². The molecule has 4 rings (SSSR count). The number of rotatable bonds is 6. The van der Waals surface area contributed by atoms with Gasteiger partial charge in [0.05, 0.1) is 6.61 Å². The Morgan fingerprint density at radius 1 is 0.889 bits per heavy atom. The Morgan fingerprint density at radius 2 is 1.33 bits per heavy atom. The Morgan fingerprint density at radius 3 is 1.70 bits per heavy atom. The van der Waals surface area contributed by atoms with E-state index in [2.05, 4.69) is 11.7 Å². The van der Waals surface area contributed by atoms with E-state index >= 15 is 0 Å². The molecular weight excluding hydrogens is 370 g/mol. The molecule has 1 unspecified atom stereocenters. The average Bonchev–Trinajstić information content (AvgIpc) is 2.49. The summed E-state index contributed by atoms with van der Waals surface area (Å²) in [6, 6.07) is 0. The molecule has 0 amide bonds. The molecule has 4 aliphatic carbocycles. The molecule has 4 aliphatic rings. The Kier molecular flexibility index (Phi) is 5.36. The van der Waals surface area contributed by atoms with E-state index in [1.807, 2.05) is 6.92 Å². The van der Waals surface area contributed by atoms with Gasteiger partial charge in [-0.05, 0) is 79.4 Å². The molecule has 7 heteroatoms. The summed E-state index contributed by atoms with van der Waals surface area (Å²) in [4.78, 5) is 0. The lowest BCUT2D eigenvalue weighted by Crippen LogP contribution is -2.53. The summed E-state index contributed by atoms with van der Waals surface area (Å²) in [6.45, 7) is 5.32. The van der Waals surface area contributed by atoms with E-state index in [9.17, 15) is 26.3 Å². The summed E-state index contributed by atoms with van der Waals surface area (Å²) in [5.41, 5.74) is -0.702. The highest BCUT2D eigenvalue weighted by atomic mass is 19.4. The van der Waals surface area contributed by atoms with Gasteiger partial charge in [0.25, 0.3) is 0 Å². The van der Waals surface area contributed by atoms with Crippen LogP contribution in [0.5, 0.6) is 0 Å². The molecule has 0 aromatic heterocycles. The largest absolute Gasteiger partial charge is 0.423 e. The molecule has 4 fully saturated rings. The second-order valence-corrected chi connectivity index (χ2v) is 9.93. The number of ether oxygens (including phenoxy) is 1. The highest BCUT2D eigenvalue weighted by molar-refractivity contribution is 5.05. The Labute approximate surface area is 157 Å². The predicted molar refractivity (Wildman–Crippen MR) is 90.0 cm³/mol. The zero-order valence-corrected chi connectivity index (χ0v) is 16.2. The zero-order valence-electron chi connectivity index (χ0n) is 16.2. The predicted octanol–water partition coefficient (Wildman–Crippen LogP) is 6.77. The minimum Gasteiger partial charge on any atom is -0.360 e. The quantitative estimate of drug-likeness (QED) is 0.447. The van der Waals surface area contributed by atoms with Crippen LogP contribution in [0.4, 0.5) is 26.3 Å². The molecule has 1 nitrogen and oxygen atoms in total. The van der Waals surface area contributed by atoms with Gasteiger partial charge in [-0.3, -0.25) is 0 Å². The summed E-state index contributed by atoms with van der Waals surface area (Å²) in [5, 5.41) is 0. The third-order valence-electron chi connectivity index (χ3n) is 7.86. The number of alkyl halides is 6. The molecule has 0 heterocycles. The van der Waals surface area contributed by atoms with Crippen LogP contribution in [0, 0.1) is 34.5 Å². The molecule has 0 aromatic rings. The molecule has 27 heavy (non-hydrogen) atoms. The van der Waals surface area contributed by atoms with E-state index in [0.717, 1.165) is 37.5 Å². The van der Waals surface area contributed by atoms with Crippen molar-refractivity contribution >= 4 is 0 Å². The van der Waals surface area contributed by atoms with Crippen molar-refractivity contribution < 1.29 is 31.1 Å². The maximum absolute atomic E-state index is 12.8. The molecule has 4 saturated carbocycles. The van der Waals surface area contributed by atoms with Gasteiger partial charge < -0.3 is 4.74 Å². The van der Waals surface area contributed by atoms with Crippen molar-refractivity contribution in [1.29, 1.82) is 0 Å². The molecule has 0 aliphatic heterocycles. The summed E-state index contributed by atoms with van der Waals surface area (Å²) in [7, 11) is 0. The molecule has 4 bridgehead atoms. The Hall–Kier alpha value is -0.460.